The van der Waals surface area contributed by atoms with E-state index in [4.69, 9.17) is 0 Å². The molecule has 0 aromatic rings. The summed E-state index contributed by atoms with van der Waals surface area (Å²) in [5.41, 5.74) is 0.974. The van der Waals surface area contributed by atoms with Crippen LogP contribution in [0, 0.1) is 23.2 Å². The number of alkyl halides is 1. The molecular formula is C27H45FO. The summed E-state index contributed by atoms with van der Waals surface area (Å²) in [7, 11) is 0. The Hall–Kier alpha value is -0.630. The maximum absolute atomic E-state index is 14.8. The highest BCUT2D eigenvalue weighted by molar-refractivity contribution is 5.25. The van der Waals surface area contributed by atoms with E-state index in [1.54, 1.807) is 31.9 Å². The molecule has 166 valence electrons. The van der Waals surface area contributed by atoms with Gasteiger partial charge in [-0.3, -0.25) is 0 Å². The van der Waals surface area contributed by atoms with E-state index in [2.05, 4.69) is 26.0 Å². The van der Waals surface area contributed by atoms with Gasteiger partial charge in [-0.25, -0.2) is 4.39 Å². The summed E-state index contributed by atoms with van der Waals surface area (Å²) in [5, 5.41) is 10.1. The Balaban J connectivity index is 1.62. The van der Waals surface area contributed by atoms with E-state index < -0.39 is 11.3 Å². The van der Waals surface area contributed by atoms with E-state index in [1.807, 2.05) is 0 Å². The van der Waals surface area contributed by atoms with Crippen LogP contribution in [0.15, 0.2) is 23.3 Å². The molecule has 5 atom stereocenters. The van der Waals surface area contributed by atoms with E-state index in [0.717, 1.165) is 24.7 Å². The molecule has 0 spiro atoms. The van der Waals surface area contributed by atoms with Crippen LogP contribution < -0.4 is 0 Å². The fourth-order valence-corrected chi connectivity index (χ4v) is 6.51. The fraction of sp³-hybridized carbons (Fsp3) is 0.852. The van der Waals surface area contributed by atoms with Crippen LogP contribution in [0.2, 0.25) is 0 Å². The molecule has 2 heteroatoms. The van der Waals surface area contributed by atoms with Crippen LogP contribution in [0.5, 0.6) is 0 Å². The number of fused-ring (bicyclic) bond motifs is 1. The smallest absolute Gasteiger partial charge is 0.136 e. The standard InChI is InChI=1S/C27H45FO/c1-20-9-6-10-21(19-20)13-14-22-11-7-17-26(4)23(15-16-24(22)26)12-8-18-27(5,28)25(2,3)29/h13-14,20,23-24,29H,6-12,15-19H2,1-5H3/b21-13-,22-14+. The van der Waals surface area contributed by atoms with Crippen molar-refractivity contribution in [1.82, 2.24) is 0 Å². The number of hydrogen-bond donors (Lipinski definition) is 1. The van der Waals surface area contributed by atoms with Crippen LogP contribution in [-0.4, -0.2) is 16.4 Å². The first-order chi connectivity index (χ1) is 13.5. The second kappa shape index (κ2) is 8.85. The number of aliphatic hydroxyl groups is 1. The topological polar surface area (TPSA) is 20.2 Å². The van der Waals surface area contributed by atoms with Crippen molar-refractivity contribution in [1.29, 1.82) is 0 Å². The van der Waals surface area contributed by atoms with Crippen LogP contribution in [0.1, 0.15) is 112 Å². The van der Waals surface area contributed by atoms with E-state index >= 15 is 0 Å². The molecule has 0 aliphatic heterocycles. The molecule has 0 amide bonds. The van der Waals surface area contributed by atoms with Crippen molar-refractivity contribution in [3.8, 4) is 0 Å². The molecule has 3 fully saturated rings. The summed E-state index contributed by atoms with van der Waals surface area (Å²) in [6, 6.07) is 0. The van der Waals surface area contributed by atoms with Gasteiger partial charge in [-0.2, -0.15) is 0 Å². The van der Waals surface area contributed by atoms with Crippen LogP contribution >= 0.6 is 0 Å². The van der Waals surface area contributed by atoms with Gasteiger partial charge in [0.1, 0.15) is 5.67 Å². The van der Waals surface area contributed by atoms with E-state index in [1.165, 1.54) is 57.8 Å². The molecule has 5 unspecified atom stereocenters. The second-order valence-electron chi connectivity index (χ2n) is 11.6. The molecule has 0 saturated heterocycles. The third kappa shape index (κ3) is 5.17. The molecule has 29 heavy (non-hydrogen) atoms. The predicted molar refractivity (Wildman–Crippen MR) is 122 cm³/mol. The van der Waals surface area contributed by atoms with Crippen molar-refractivity contribution in [2.45, 2.75) is 123 Å². The third-order valence-electron chi connectivity index (χ3n) is 8.97. The summed E-state index contributed by atoms with van der Waals surface area (Å²) in [6.45, 7) is 9.66. The first-order valence-corrected chi connectivity index (χ1v) is 12.3. The zero-order valence-corrected chi connectivity index (χ0v) is 19.7. The SMILES string of the molecule is CC1CCC/C(=C/C=C2\CCCC3(C)C(CCCC(C)(F)C(C)(C)O)CCC23)C1. The maximum Gasteiger partial charge on any atom is 0.136 e. The van der Waals surface area contributed by atoms with Crippen LogP contribution in [0.25, 0.3) is 0 Å². The molecule has 3 saturated carbocycles. The lowest BCUT2D eigenvalue weighted by atomic mass is 9.62. The molecular weight excluding hydrogens is 359 g/mol. The maximum atomic E-state index is 14.8. The zero-order chi connectivity index (χ0) is 21.3. The molecule has 3 aliphatic carbocycles. The zero-order valence-electron chi connectivity index (χ0n) is 19.7. The summed E-state index contributed by atoms with van der Waals surface area (Å²) in [5.74, 6) is 2.28. The monoisotopic (exact) mass is 404 g/mol. The van der Waals surface area contributed by atoms with Crippen molar-refractivity contribution in [2.24, 2.45) is 23.2 Å². The van der Waals surface area contributed by atoms with Crippen molar-refractivity contribution in [3.05, 3.63) is 23.3 Å². The molecule has 1 nitrogen and oxygen atoms in total. The minimum absolute atomic E-state index is 0.393. The van der Waals surface area contributed by atoms with E-state index in [-0.39, 0.29) is 0 Å². The molecule has 0 aromatic heterocycles. The van der Waals surface area contributed by atoms with Gasteiger partial charge in [0.2, 0.25) is 0 Å². The first kappa shape index (κ1) is 23.0. The Labute approximate surface area is 179 Å². The highest BCUT2D eigenvalue weighted by Crippen LogP contribution is 2.58. The molecule has 0 aromatic carbocycles. The number of halogens is 1. The van der Waals surface area contributed by atoms with Gasteiger partial charge in [-0.05, 0) is 115 Å². The summed E-state index contributed by atoms with van der Waals surface area (Å²) < 4.78 is 14.8. The van der Waals surface area contributed by atoms with Gasteiger partial charge < -0.3 is 5.11 Å². The molecule has 0 bridgehead atoms. The van der Waals surface area contributed by atoms with Crippen molar-refractivity contribution in [2.75, 3.05) is 0 Å². The van der Waals surface area contributed by atoms with Gasteiger partial charge in [0.15, 0.2) is 0 Å². The summed E-state index contributed by atoms with van der Waals surface area (Å²) in [6.07, 6.45) is 19.3. The number of allylic oxidation sites excluding steroid dienone is 4. The highest BCUT2D eigenvalue weighted by Gasteiger charge is 2.49. The highest BCUT2D eigenvalue weighted by atomic mass is 19.1. The lowest BCUT2D eigenvalue weighted by Crippen LogP contribution is -2.43. The molecule has 0 heterocycles. The van der Waals surface area contributed by atoms with Crippen molar-refractivity contribution >= 4 is 0 Å². The van der Waals surface area contributed by atoms with E-state index in [0.29, 0.717) is 17.8 Å². The van der Waals surface area contributed by atoms with Crippen molar-refractivity contribution < 1.29 is 9.50 Å². The van der Waals surface area contributed by atoms with Gasteiger partial charge in [0.05, 0.1) is 5.60 Å². The third-order valence-corrected chi connectivity index (χ3v) is 8.97. The van der Waals surface area contributed by atoms with Gasteiger partial charge >= 0.3 is 0 Å². The largest absolute Gasteiger partial charge is 0.387 e. The Morgan fingerprint density at radius 1 is 1.10 bits per heavy atom. The number of hydrogen-bond acceptors (Lipinski definition) is 1. The molecule has 3 aliphatic rings. The quantitative estimate of drug-likeness (QED) is 0.476. The lowest BCUT2D eigenvalue weighted by molar-refractivity contribution is -0.0734. The Morgan fingerprint density at radius 2 is 1.86 bits per heavy atom. The van der Waals surface area contributed by atoms with Crippen LogP contribution in [0.3, 0.4) is 0 Å². The minimum Gasteiger partial charge on any atom is -0.387 e. The summed E-state index contributed by atoms with van der Waals surface area (Å²) >= 11 is 0. The van der Waals surface area contributed by atoms with Gasteiger partial charge in [-0.15, -0.1) is 0 Å². The van der Waals surface area contributed by atoms with Gasteiger partial charge in [-0.1, -0.05) is 43.6 Å². The Morgan fingerprint density at radius 3 is 2.55 bits per heavy atom. The lowest BCUT2D eigenvalue weighted by Gasteiger charge is -2.43. The Bertz CT molecular complexity index is 623. The Kier molecular flexibility index (Phi) is 7.03. The van der Waals surface area contributed by atoms with Gasteiger partial charge in [0.25, 0.3) is 0 Å². The second-order valence-corrected chi connectivity index (χ2v) is 11.6. The average Bonchev–Trinajstić information content (AvgIpc) is 2.96. The molecule has 1 N–H and O–H groups in total. The first-order valence-electron chi connectivity index (χ1n) is 12.3. The van der Waals surface area contributed by atoms with E-state index in [9.17, 15) is 9.50 Å². The summed E-state index contributed by atoms with van der Waals surface area (Å²) in [4.78, 5) is 0. The molecule has 0 radical (unpaired) electrons. The minimum atomic E-state index is -1.51. The van der Waals surface area contributed by atoms with Gasteiger partial charge in [0, 0.05) is 0 Å². The predicted octanol–water partition coefficient (Wildman–Crippen LogP) is 7.94. The molecule has 3 rings (SSSR count). The normalized spacial score (nSPS) is 38.2. The number of rotatable bonds is 6. The van der Waals surface area contributed by atoms with Crippen LogP contribution in [-0.2, 0) is 0 Å². The van der Waals surface area contributed by atoms with Crippen molar-refractivity contribution in [3.63, 3.8) is 0 Å². The average molecular weight is 405 g/mol. The van der Waals surface area contributed by atoms with Crippen LogP contribution in [0.4, 0.5) is 4.39 Å². The fourth-order valence-electron chi connectivity index (χ4n) is 6.51.